The van der Waals surface area contributed by atoms with E-state index >= 15 is 4.79 Å². The summed E-state index contributed by atoms with van der Waals surface area (Å²) < 4.78 is 61.8. The molecule has 20 heteroatoms. The lowest BCUT2D eigenvalue weighted by molar-refractivity contribution is -0.758. The van der Waals surface area contributed by atoms with Gasteiger partial charge in [-0.1, -0.05) is 83.3 Å². The number of benzene rings is 3. The van der Waals surface area contributed by atoms with Crippen LogP contribution in [0.4, 0.5) is 22.8 Å². The summed E-state index contributed by atoms with van der Waals surface area (Å²) in [6, 6.07) is 14.7. The minimum Gasteiger partial charge on any atom is -0.488 e. The van der Waals surface area contributed by atoms with Gasteiger partial charge < -0.3 is 33.6 Å². The molecule has 0 radical (unpaired) electrons. The summed E-state index contributed by atoms with van der Waals surface area (Å²) >= 11 is 18.7. The summed E-state index contributed by atoms with van der Waals surface area (Å²) in [7, 11) is 0. The van der Waals surface area contributed by atoms with Gasteiger partial charge in [-0.25, -0.2) is 18.4 Å². The largest absolute Gasteiger partial charge is 0.488 e. The summed E-state index contributed by atoms with van der Waals surface area (Å²) in [6.07, 6.45) is 0.829. The van der Waals surface area contributed by atoms with Crippen molar-refractivity contribution in [2.24, 2.45) is 0 Å². The van der Waals surface area contributed by atoms with Gasteiger partial charge in [0.2, 0.25) is 9.61 Å². The molecule has 2 fully saturated rings. The maximum Gasteiger partial charge on any atom is 0.411 e. The number of carbonyl (C=O) groups excluding carboxylic acids is 3. The van der Waals surface area contributed by atoms with Gasteiger partial charge in [0.25, 0.3) is 11.0 Å². The summed E-state index contributed by atoms with van der Waals surface area (Å²) in [4.78, 5) is 62.7. The Bertz CT molecular complexity index is 2220. The standard InChI is InChI=1S/C44H48Cl3F3N4O10/c1-27-7-4-5-9-30(27)24-52(31-14-15-31)40(55)37-33(29-12-10-28(11-13-29)8-6-18-61-39-35(49)17-16-34(48)38(39)50)23-32-25-51(41(56)62-21-19-60-20-22-63-54(58)59)26-36(37)53(32)42(57)64-43(2,3)44(45,46)47/h4-5,7,9-13,16-17,31-32,36H,6,8,14-15,18-26H2,1-3H3. The van der Waals surface area contributed by atoms with Crippen molar-refractivity contribution in [1.82, 2.24) is 14.7 Å². The number of aryl methyl sites for hydroxylation is 2. The lowest BCUT2D eigenvalue weighted by Crippen LogP contribution is -2.66. The van der Waals surface area contributed by atoms with Crippen LogP contribution in [0.1, 0.15) is 61.8 Å². The summed E-state index contributed by atoms with van der Waals surface area (Å²) in [5.74, 6) is -4.74. The molecule has 346 valence electrons. The van der Waals surface area contributed by atoms with Gasteiger partial charge in [0.1, 0.15) is 13.2 Å². The normalized spacial score (nSPS) is 17.5. The Labute approximate surface area is 383 Å². The van der Waals surface area contributed by atoms with Gasteiger partial charge in [-0.15, -0.1) is 10.1 Å². The Balaban J connectivity index is 1.32. The predicted octanol–water partition coefficient (Wildman–Crippen LogP) is 8.77. The van der Waals surface area contributed by atoms with Crippen LogP contribution in [0.3, 0.4) is 0 Å². The van der Waals surface area contributed by atoms with Gasteiger partial charge in [-0.3, -0.25) is 9.69 Å². The highest BCUT2D eigenvalue weighted by molar-refractivity contribution is 6.68. The van der Waals surface area contributed by atoms with E-state index in [1.165, 1.54) is 23.6 Å². The van der Waals surface area contributed by atoms with Gasteiger partial charge in [-0.05, 0) is 92.8 Å². The Kier molecular flexibility index (Phi) is 15.8. The van der Waals surface area contributed by atoms with Crippen molar-refractivity contribution in [3.05, 3.63) is 116 Å². The van der Waals surface area contributed by atoms with Crippen molar-refractivity contribution >= 4 is 58.5 Å². The van der Waals surface area contributed by atoms with Crippen LogP contribution in [0.2, 0.25) is 0 Å². The number of alkyl halides is 3. The summed E-state index contributed by atoms with van der Waals surface area (Å²) in [5, 5.41) is 9.47. The Morgan fingerprint density at radius 2 is 1.58 bits per heavy atom. The fourth-order valence-electron chi connectivity index (χ4n) is 7.60. The Hall–Kier alpha value is -4.97. The van der Waals surface area contributed by atoms with Gasteiger partial charge in [0.05, 0.1) is 31.9 Å². The van der Waals surface area contributed by atoms with Crippen LogP contribution in [-0.4, -0.2) is 112 Å². The minimum atomic E-state index is -2.03. The van der Waals surface area contributed by atoms with Crippen molar-refractivity contribution < 1.29 is 56.4 Å². The number of carbonyl (C=O) groups is 3. The second-order valence-corrected chi connectivity index (χ2v) is 18.4. The van der Waals surface area contributed by atoms with E-state index in [0.717, 1.165) is 35.6 Å². The molecule has 0 spiro atoms. The van der Waals surface area contributed by atoms with Crippen LogP contribution in [0.5, 0.6) is 5.75 Å². The zero-order valence-corrected chi connectivity index (χ0v) is 37.6. The smallest absolute Gasteiger partial charge is 0.411 e. The zero-order valence-electron chi connectivity index (χ0n) is 35.3. The number of piperazine rings is 1. The lowest BCUT2D eigenvalue weighted by atomic mass is 9.81. The minimum absolute atomic E-state index is 0.0265. The molecule has 2 unspecified atom stereocenters. The van der Waals surface area contributed by atoms with Crippen LogP contribution in [0, 0.1) is 34.5 Å². The molecule has 6 rings (SSSR count). The van der Waals surface area contributed by atoms with Crippen molar-refractivity contribution in [1.29, 1.82) is 0 Å². The van der Waals surface area contributed by atoms with Crippen LogP contribution in [-0.2, 0) is 36.8 Å². The van der Waals surface area contributed by atoms with Crippen molar-refractivity contribution in [3.8, 4) is 5.75 Å². The van der Waals surface area contributed by atoms with Gasteiger partial charge in [0.15, 0.2) is 23.0 Å². The van der Waals surface area contributed by atoms with E-state index in [4.69, 9.17) is 53.8 Å². The Morgan fingerprint density at radius 3 is 2.25 bits per heavy atom. The van der Waals surface area contributed by atoms with Crippen molar-refractivity contribution in [2.75, 3.05) is 46.1 Å². The number of hydrogen-bond acceptors (Lipinski definition) is 10. The second-order valence-electron chi connectivity index (χ2n) is 16.1. The molecule has 3 aromatic carbocycles. The highest BCUT2D eigenvalue weighted by atomic mass is 35.6. The van der Waals surface area contributed by atoms with E-state index in [-0.39, 0.29) is 76.6 Å². The highest BCUT2D eigenvalue weighted by Crippen LogP contribution is 2.44. The monoisotopic (exact) mass is 954 g/mol. The number of amides is 3. The van der Waals surface area contributed by atoms with Gasteiger partial charge in [0, 0.05) is 31.2 Å². The second kappa shape index (κ2) is 20.9. The molecule has 2 heterocycles. The Morgan fingerprint density at radius 1 is 0.891 bits per heavy atom. The quantitative estimate of drug-likeness (QED) is 0.0398. The molecule has 1 aliphatic carbocycles. The molecule has 64 heavy (non-hydrogen) atoms. The molecule has 1 saturated heterocycles. The first-order chi connectivity index (χ1) is 30.4. The molecule has 2 aliphatic heterocycles. The molecule has 0 N–H and O–H groups in total. The average molecular weight is 956 g/mol. The van der Waals surface area contributed by atoms with Gasteiger partial charge in [-0.2, -0.15) is 4.39 Å². The molecular formula is C44H48Cl3F3N4O10. The summed E-state index contributed by atoms with van der Waals surface area (Å²) in [6.45, 7) is 4.18. The highest BCUT2D eigenvalue weighted by Gasteiger charge is 2.52. The molecule has 3 aliphatic rings. The third-order valence-corrected chi connectivity index (χ3v) is 12.6. The number of rotatable bonds is 18. The maximum absolute atomic E-state index is 15.4. The zero-order chi connectivity index (χ0) is 46.3. The SMILES string of the molecule is Cc1ccccc1CN(C(=O)C1=C(c2ccc(CCCOc3c(F)ccc(F)c3F)cc2)CC2CN(C(=O)OCCOCCO[N+](=O)[O-])CC1N2C(=O)OC(C)(C)C(Cl)(Cl)Cl)C1CC1. The number of halogens is 6. The van der Waals surface area contributed by atoms with E-state index < -0.39 is 62.0 Å². The fourth-order valence-corrected chi connectivity index (χ4v) is 7.72. The first-order valence-corrected chi connectivity index (χ1v) is 21.8. The maximum atomic E-state index is 15.4. The van der Waals surface area contributed by atoms with Crippen molar-refractivity contribution in [3.63, 3.8) is 0 Å². The van der Waals surface area contributed by atoms with E-state index in [2.05, 4.69) is 4.84 Å². The predicted molar refractivity (Wildman–Crippen MR) is 230 cm³/mol. The van der Waals surface area contributed by atoms with E-state index in [1.54, 1.807) is 0 Å². The van der Waals surface area contributed by atoms with Crippen molar-refractivity contribution in [2.45, 2.75) is 86.9 Å². The van der Waals surface area contributed by atoms with Crippen LogP contribution >= 0.6 is 34.8 Å². The first kappa shape index (κ1) is 48.5. The van der Waals surface area contributed by atoms with E-state index in [1.807, 2.05) is 60.4 Å². The molecule has 3 amide bonds. The molecule has 1 saturated carbocycles. The molecule has 3 aromatic rings. The number of hydrogen-bond donors (Lipinski definition) is 0. The van der Waals surface area contributed by atoms with E-state index in [0.29, 0.717) is 30.0 Å². The van der Waals surface area contributed by atoms with Gasteiger partial charge >= 0.3 is 12.2 Å². The fraction of sp³-hybridized carbons (Fsp3) is 0.477. The molecule has 0 aromatic heterocycles. The number of fused-ring (bicyclic) bond motifs is 2. The summed E-state index contributed by atoms with van der Waals surface area (Å²) in [5.41, 5.74) is 2.78. The first-order valence-electron chi connectivity index (χ1n) is 20.6. The average Bonchev–Trinajstić information content (AvgIpc) is 4.08. The topological polar surface area (TPSA) is 150 Å². The number of ether oxygens (including phenoxy) is 4. The molecule has 14 nitrogen and oxygen atoms in total. The molecule has 2 bridgehead atoms. The number of nitrogens with zero attached hydrogens (tertiary/aromatic N) is 4. The lowest BCUT2D eigenvalue weighted by Gasteiger charge is -2.51. The van der Waals surface area contributed by atoms with Crippen LogP contribution in [0.15, 0.2) is 66.2 Å². The van der Waals surface area contributed by atoms with Crippen LogP contribution in [0.25, 0.3) is 5.57 Å². The molecular weight excluding hydrogens is 908 g/mol. The third kappa shape index (κ3) is 11.8. The third-order valence-electron chi connectivity index (χ3n) is 11.3. The van der Waals surface area contributed by atoms with E-state index in [9.17, 15) is 32.9 Å². The van der Waals surface area contributed by atoms with Crippen LogP contribution < -0.4 is 4.74 Å². The molecule has 2 atom stereocenters.